The smallest absolute Gasteiger partial charge is 0.246 e. The Hall–Kier alpha value is -3.13. The summed E-state index contributed by atoms with van der Waals surface area (Å²) < 4.78 is 15.7. The van der Waals surface area contributed by atoms with Crippen LogP contribution in [0.5, 0.6) is 11.5 Å². The van der Waals surface area contributed by atoms with E-state index in [9.17, 15) is 0 Å². The van der Waals surface area contributed by atoms with Crippen LogP contribution in [-0.2, 0) is 6.54 Å². The van der Waals surface area contributed by atoms with E-state index in [4.69, 9.17) is 26.2 Å². The molecule has 0 aliphatic heterocycles. The molecule has 0 aliphatic rings. The number of ether oxygens (including phenoxy) is 2. The van der Waals surface area contributed by atoms with E-state index in [0.29, 0.717) is 34.9 Å². The minimum absolute atomic E-state index is 0.318. The van der Waals surface area contributed by atoms with Crippen molar-refractivity contribution in [1.29, 1.82) is 0 Å². The zero-order valence-electron chi connectivity index (χ0n) is 14.4. The van der Waals surface area contributed by atoms with Gasteiger partial charge in [-0.1, -0.05) is 35.5 Å². The fraction of sp³-hybridized carbons (Fsp3) is 0.167. The number of methoxy groups -OCH3 is 2. The topological polar surface area (TPSA) is 81.4 Å². The van der Waals surface area contributed by atoms with Crippen LogP contribution in [0.25, 0.3) is 11.4 Å². The Labute approximate surface area is 156 Å². The molecule has 0 unspecified atom stereocenters. The van der Waals surface area contributed by atoms with Crippen molar-refractivity contribution in [3.05, 3.63) is 54.4 Å². The van der Waals surface area contributed by atoms with E-state index in [1.807, 2.05) is 36.4 Å². The van der Waals surface area contributed by atoms with Gasteiger partial charge in [-0.05, 0) is 24.4 Å². The van der Waals surface area contributed by atoms with Crippen LogP contribution in [0.3, 0.4) is 0 Å². The number of thiocarbonyl (C=S) groups is 1. The zero-order chi connectivity index (χ0) is 18.4. The number of aromatic nitrogens is 2. The molecule has 0 bridgehead atoms. The number of hydrogen-bond donors (Lipinski definition) is 2. The van der Waals surface area contributed by atoms with E-state index >= 15 is 0 Å². The van der Waals surface area contributed by atoms with E-state index in [1.165, 1.54) is 0 Å². The molecule has 26 heavy (non-hydrogen) atoms. The summed E-state index contributed by atoms with van der Waals surface area (Å²) in [7, 11) is 3.17. The molecule has 0 radical (unpaired) electrons. The van der Waals surface area contributed by atoms with Crippen molar-refractivity contribution in [2.24, 2.45) is 0 Å². The van der Waals surface area contributed by atoms with Gasteiger partial charge in [-0.3, -0.25) is 0 Å². The van der Waals surface area contributed by atoms with Gasteiger partial charge in [-0.25, -0.2) is 0 Å². The summed E-state index contributed by atoms with van der Waals surface area (Å²) in [6, 6.07) is 15.1. The highest BCUT2D eigenvalue weighted by molar-refractivity contribution is 7.80. The highest BCUT2D eigenvalue weighted by Crippen LogP contribution is 2.29. The Bertz CT molecular complexity index is 883. The third-order valence-corrected chi connectivity index (χ3v) is 3.79. The van der Waals surface area contributed by atoms with Gasteiger partial charge in [0.25, 0.3) is 0 Å². The first-order chi connectivity index (χ1) is 12.7. The van der Waals surface area contributed by atoms with Gasteiger partial charge in [0.1, 0.15) is 0 Å². The van der Waals surface area contributed by atoms with Gasteiger partial charge in [-0.2, -0.15) is 4.98 Å². The van der Waals surface area contributed by atoms with E-state index in [0.717, 1.165) is 11.3 Å². The first-order valence-corrected chi connectivity index (χ1v) is 8.25. The molecule has 0 atom stereocenters. The van der Waals surface area contributed by atoms with E-state index in [1.54, 1.807) is 26.4 Å². The summed E-state index contributed by atoms with van der Waals surface area (Å²) >= 11 is 5.29. The van der Waals surface area contributed by atoms with E-state index in [-0.39, 0.29) is 0 Å². The lowest BCUT2D eigenvalue weighted by Gasteiger charge is -2.12. The molecule has 0 aliphatic carbocycles. The minimum Gasteiger partial charge on any atom is -0.493 e. The number of nitrogens with zero attached hydrogens (tertiary/aromatic N) is 2. The van der Waals surface area contributed by atoms with Gasteiger partial charge in [-0.15, -0.1) is 0 Å². The number of rotatable bonds is 6. The maximum absolute atomic E-state index is 5.29. The summed E-state index contributed by atoms with van der Waals surface area (Å²) in [6.07, 6.45) is 0. The normalized spacial score (nSPS) is 10.2. The zero-order valence-corrected chi connectivity index (χ0v) is 15.2. The predicted octanol–water partition coefficient (Wildman–Crippen LogP) is 3.24. The maximum atomic E-state index is 5.29. The van der Waals surface area contributed by atoms with Crippen molar-refractivity contribution in [3.63, 3.8) is 0 Å². The van der Waals surface area contributed by atoms with Crippen molar-refractivity contribution in [1.82, 2.24) is 15.5 Å². The molecule has 0 saturated carbocycles. The fourth-order valence-electron chi connectivity index (χ4n) is 2.28. The van der Waals surface area contributed by atoms with Crippen molar-refractivity contribution in [3.8, 4) is 22.9 Å². The number of anilines is 1. The largest absolute Gasteiger partial charge is 0.493 e. The van der Waals surface area contributed by atoms with Gasteiger partial charge < -0.3 is 24.6 Å². The molecule has 7 nitrogen and oxygen atoms in total. The van der Waals surface area contributed by atoms with Crippen molar-refractivity contribution in [2.75, 3.05) is 19.5 Å². The Morgan fingerprint density at radius 2 is 1.85 bits per heavy atom. The molecule has 0 fully saturated rings. The highest BCUT2D eigenvalue weighted by atomic mass is 32.1. The fourth-order valence-corrected chi connectivity index (χ4v) is 2.47. The molecule has 1 heterocycles. The molecule has 2 N–H and O–H groups in total. The second-order valence-corrected chi connectivity index (χ2v) is 5.66. The van der Waals surface area contributed by atoms with Crippen molar-refractivity contribution >= 4 is 23.0 Å². The lowest BCUT2D eigenvalue weighted by molar-refractivity contribution is 0.355. The van der Waals surface area contributed by atoms with Crippen LogP contribution >= 0.6 is 12.2 Å². The number of hydrogen-bond acceptors (Lipinski definition) is 6. The van der Waals surface area contributed by atoms with Crippen LogP contribution in [0.4, 0.5) is 5.69 Å². The molecule has 2 aromatic carbocycles. The third kappa shape index (κ3) is 4.28. The molecule has 8 heteroatoms. The SMILES string of the molecule is COc1ccc(NC(=S)NCc2nc(-c3ccccc3)no2)cc1OC. The first-order valence-electron chi connectivity index (χ1n) is 7.84. The van der Waals surface area contributed by atoms with Crippen LogP contribution in [-0.4, -0.2) is 29.5 Å². The molecular weight excluding hydrogens is 352 g/mol. The standard InChI is InChI=1S/C18H18N4O3S/c1-23-14-9-8-13(10-15(14)24-2)20-18(26)19-11-16-21-17(22-25-16)12-6-4-3-5-7-12/h3-10H,11H2,1-2H3,(H2,19,20,26). The molecule has 134 valence electrons. The first kappa shape index (κ1) is 17.7. The molecule has 0 amide bonds. The summed E-state index contributed by atoms with van der Waals surface area (Å²) in [6.45, 7) is 0.318. The van der Waals surface area contributed by atoms with Crippen LogP contribution < -0.4 is 20.1 Å². The minimum atomic E-state index is 0.318. The average Bonchev–Trinajstić information content (AvgIpc) is 3.16. The van der Waals surface area contributed by atoms with Crippen molar-refractivity contribution < 1.29 is 14.0 Å². The predicted molar refractivity (Wildman–Crippen MR) is 102 cm³/mol. The van der Waals surface area contributed by atoms with Crippen molar-refractivity contribution in [2.45, 2.75) is 6.54 Å². The van der Waals surface area contributed by atoms with Gasteiger partial charge in [0.15, 0.2) is 16.6 Å². The lowest BCUT2D eigenvalue weighted by Crippen LogP contribution is -2.28. The van der Waals surface area contributed by atoms with Crippen LogP contribution in [0.15, 0.2) is 53.1 Å². The Kier molecular flexibility index (Phi) is 5.65. The maximum Gasteiger partial charge on any atom is 0.246 e. The molecule has 0 spiro atoms. The van der Waals surface area contributed by atoms with E-state index in [2.05, 4.69) is 20.8 Å². The van der Waals surface area contributed by atoms with Crippen LogP contribution in [0.1, 0.15) is 5.89 Å². The average molecular weight is 370 g/mol. The van der Waals surface area contributed by atoms with E-state index < -0.39 is 0 Å². The quantitative estimate of drug-likeness (QED) is 0.640. The number of nitrogens with one attached hydrogen (secondary N) is 2. The molecular formula is C18H18N4O3S. The van der Waals surface area contributed by atoms with Gasteiger partial charge in [0.05, 0.1) is 20.8 Å². The molecule has 3 aromatic rings. The molecule has 1 aromatic heterocycles. The summed E-state index contributed by atoms with van der Waals surface area (Å²) in [5.41, 5.74) is 1.67. The van der Waals surface area contributed by atoms with Gasteiger partial charge in [0, 0.05) is 17.3 Å². The second-order valence-electron chi connectivity index (χ2n) is 5.26. The second kappa shape index (κ2) is 8.30. The molecule has 3 rings (SSSR count). The Morgan fingerprint density at radius 3 is 2.58 bits per heavy atom. The number of benzene rings is 2. The van der Waals surface area contributed by atoms with Gasteiger partial charge in [0.2, 0.25) is 11.7 Å². The monoisotopic (exact) mass is 370 g/mol. The summed E-state index contributed by atoms with van der Waals surface area (Å²) in [5, 5.41) is 10.5. The molecule has 0 saturated heterocycles. The highest BCUT2D eigenvalue weighted by Gasteiger charge is 2.09. The summed E-state index contributed by atoms with van der Waals surface area (Å²) in [5.74, 6) is 2.25. The Balaban J connectivity index is 1.57. The van der Waals surface area contributed by atoms with Crippen LogP contribution in [0, 0.1) is 0 Å². The summed E-state index contributed by atoms with van der Waals surface area (Å²) in [4.78, 5) is 4.35. The third-order valence-electron chi connectivity index (χ3n) is 3.54. The lowest BCUT2D eigenvalue weighted by atomic mass is 10.2. The Morgan fingerprint density at radius 1 is 1.08 bits per heavy atom. The van der Waals surface area contributed by atoms with Gasteiger partial charge >= 0.3 is 0 Å². The van der Waals surface area contributed by atoms with Crippen LogP contribution in [0.2, 0.25) is 0 Å².